The second kappa shape index (κ2) is 7.03. The van der Waals surface area contributed by atoms with Crippen molar-refractivity contribution < 1.29 is 17.7 Å². The van der Waals surface area contributed by atoms with E-state index in [1.54, 1.807) is 11.3 Å². The lowest BCUT2D eigenvalue weighted by Crippen LogP contribution is -2.36. The first-order chi connectivity index (χ1) is 12.8. The number of hydrogen-bond donors (Lipinski definition) is 1. The van der Waals surface area contributed by atoms with Gasteiger partial charge in [-0.05, 0) is 32.3 Å². The van der Waals surface area contributed by atoms with E-state index in [-0.39, 0.29) is 23.5 Å². The molecule has 0 aromatic carbocycles. The number of amides is 1. The Bertz CT molecular complexity index is 957. The molecule has 2 aromatic rings. The average Bonchev–Trinajstić information content (AvgIpc) is 3.27. The van der Waals surface area contributed by atoms with Crippen molar-refractivity contribution in [1.82, 2.24) is 15.4 Å². The van der Waals surface area contributed by atoms with Gasteiger partial charge in [0, 0.05) is 41.5 Å². The minimum atomic E-state index is -3.00. The van der Waals surface area contributed by atoms with Crippen LogP contribution in [-0.2, 0) is 29.3 Å². The van der Waals surface area contributed by atoms with Gasteiger partial charge >= 0.3 is 0 Å². The molecular formula is C18H23N3O4S2. The highest BCUT2D eigenvalue weighted by atomic mass is 32.2. The predicted octanol–water partition coefficient (Wildman–Crippen LogP) is 1.83. The van der Waals surface area contributed by atoms with Gasteiger partial charge in [-0.15, -0.1) is 11.3 Å². The van der Waals surface area contributed by atoms with Crippen molar-refractivity contribution in [1.29, 1.82) is 0 Å². The molecule has 4 heterocycles. The van der Waals surface area contributed by atoms with Gasteiger partial charge in [0.25, 0.3) is 5.91 Å². The fourth-order valence-corrected chi connectivity index (χ4v) is 6.62. The summed E-state index contributed by atoms with van der Waals surface area (Å²) < 4.78 is 28.4. The number of aromatic nitrogens is 1. The Morgan fingerprint density at radius 2 is 2.26 bits per heavy atom. The zero-order valence-corrected chi connectivity index (χ0v) is 17.1. The molecule has 27 heavy (non-hydrogen) atoms. The van der Waals surface area contributed by atoms with Crippen LogP contribution in [0, 0.1) is 13.8 Å². The van der Waals surface area contributed by atoms with Gasteiger partial charge < -0.3 is 9.84 Å². The molecule has 7 nitrogen and oxygen atoms in total. The first-order valence-corrected chi connectivity index (χ1v) is 11.8. The lowest BCUT2D eigenvalue weighted by atomic mass is 10.0. The van der Waals surface area contributed by atoms with Crippen LogP contribution in [0.3, 0.4) is 0 Å². The normalized spacial score (nSPS) is 21.9. The monoisotopic (exact) mass is 409 g/mol. The molecule has 1 amide bonds. The van der Waals surface area contributed by atoms with Crippen molar-refractivity contribution in [2.24, 2.45) is 0 Å². The van der Waals surface area contributed by atoms with Crippen molar-refractivity contribution in [3.63, 3.8) is 0 Å². The van der Waals surface area contributed by atoms with E-state index in [2.05, 4.69) is 15.4 Å². The molecule has 2 aliphatic rings. The van der Waals surface area contributed by atoms with E-state index >= 15 is 0 Å². The first-order valence-electron chi connectivity index (χ1n) is 9.07. The fraction of sp³-hybridized carbons (Fsp3) is 0.556. The van der Waals surface area contributed by atoms with Gasteiger partial charge in [-0.1, -0.05) is 5.16 Å². The van der Waals surface area contributed by atoms with Crippen LogP contribution in [0.15, 0.2) is 9.90 Å². The number of thiophene rings is 1. The SMILES string of the molecule is Cc1noc(C)c1CN1CCc2c(C(=O)N[C@H]3CCS(=O)(=O)C3)csc2C1. The largest absolute Gasteiger partial charge is 0.361 e. The number of fused-ring (bicyclic) bond motifs is 1. The van der Waals surface area contributed by atoms with Crippen LogP contribution in [0.2, 0.25) is 0 Å². The Labute approximate surface area is 162 Å². The lowest BCUT2D eigenvalue weighted by molar-refractivity contribution is 0.0940. The third-order valence-electron chi connectivity index (χ3n) is 5.40. The topological polar surface area (TPSA) is 92.5 Å². The highest BCUT2D eigenvalue weighted by Gasteiger charge is 2.31. The maximum absolute atomic E-state index is 12.6. The van der Waals surface area contributed by atoms with E-state index in [9.17, 15) is 13.2 Å². The van der Waals surface area contributed by atoms with E-state index in [4.69, 9.17) is 4.52 Å². The molecule has 0 aliphatic carbocycles. The van der Waals surface area contributed by atoms with E-state index < -0.39 is 9.84 Å². The molecule has 0 bridgehead atoms. The fourth-order valence-electron chi connectivity index (χ4n) is 3.83. The van der Waals surface area contributed by atoms with Crippen molar-refractivity contribution in [2.75, 3.05) is 18.1 Å². The van der Waals surface area contributed by atoms with Crippen molar-refractivity contribution in [3.05, 3.63) is 38.4 Å². The summed E-state index contributed by atoms with van der Waals surface area (Å²) in [7, 11) is -3.00. The lowest BCUT2D eigenvalue weighted by Gasteiger charge is -2.27. The third-order valence-corrected chi connectivity index (χ3v) is 8.18. The highest BCUT2D eigenvalue weighted by Crippen LogP contribution is 2.30. The summed E-state index contributed by atoms with van der Waals surface area (Å²) in [5.74, 6) is 0.928. The standard InChI is InChI=1S/C18H23N3O4S2/c1-11-15(12(2)25-20-11)7-21-5-3-14-16(9-26-17(14)8-21)18(22)19-13-4-6-27(23,24)10-13/h9,13H,3-8,10H2,1-2H3,(H,19,22)/t13-/m0/s1. The van der Waals surface area contributed by atoms with Gasteiger partial charge in [-0.3, -0.25) is 9.69 Å². The summed E-state index contributed by atoms with van der Waals surface area (Å²) in [6, 6.07) is -0.266. The first kappa shape index (κ1) is 18.6. The van der Waals surface area contributed by atoms with Crippen LogP contribution >= 0.6 is 11.3 Å². The van der Waals surface area contributed by atoms with Crippen LogP contribution < -0.4 is 5.32 Å². The molecule has 2 aromatic heterocycles. The number of aryl methyl sites for hydroxylation is 2. The number of rotatable bonds is 4. The number of carbonyl (C=O) groups excluding carboxylic acids is 1. The van der Waals surface area contributed by atoms with Gasteiger partial charge in [-0.2, -0.15) is 0 Å². The predicted molar refractivity (Wildman–Crippen MR) is 103 cm³/mol. The Morgan fingerprint density at radius 3 is 2.93 bits per heavy atom. The molecule has 146 valence electrons. The van der Waals surface area contributed by atoms with Gasteiger partial charge in [0.15, 0.2) is 9.84 Å². The van der Waals surface area contributed by atoms with Gasteiger partial charge in [0.05, 0.1) is 22.8 Å². The number of hydrogen-bond acceptors (Lipinski definition) is 7. The molecule has 0 unspecified atom stereocenters. The highest BCUT2D eigenvalue weighted by molar-refractivity contribution is 7.91. The van der Waals surface area contributed by atoms with Crippen LogP contribution in [0.1, 0.15) is 44.2 Å². The minimum absolute atomic E-state index is 0.0519. The Morgan fingerprint density at radius 1 is 1.44 bits per heavy atom. The molecule has 1 N–H and O–H groups in total. The summed E-state index contributed by atoms with van der Waals surface area (Å²) in [6.07, 6.45) is 1.32. The molecular weight excluding hydrogens is 386 g/mol. The Kier molecular flexibility index (Phi) is 4.85. The molecule has 4 rings (SSSR count). The number of nitrogens with one attached hydrogen (secondary N) is 1. The van der Waals surface area contributed by atoms with Gasteiger partial charge in [-0.25, -0.2) is 8.42 Å². The quantitative estimate of drug-likeness (QED) is 0.828. The number of nitrogens with zero attached hydrogens (tertiary/aromatic N) is 2. The molecule has 2 aliphatic heterocycles. The zero-order chi connectivity index (χ0) is 19.2. The molecule has 9 heteroatoms. The maximum Gasteiger partial charge on any atom is 0.252 e. The van der Waals surface area contributed by atoms with E-state index in [1.165, 1.54) is 4.88 Å². The summed E-state index contributed by atoms with van der Waals surface area (Å²) in [6.45, 7) is 6.35. The summed E-state index contributed by atoms with van der Waals surface area (Å²) >= 11 is 1.60. The van der Waals surface area contributed by atoms with Crippen molar-refractivity contribution in [3.8, 4) is 0 Å². The summed E-state index contributed by atoms with van der Waals surface area (Å²) in [4.78, 5) is 16.2. The van der Waals surface area contributed by atoms with Crippen LogP contribution in [0.4, 0.5) is 0 Å². The van der Waals surface area contributed by atoms with E-state index in [1.807, 2.05) is 19.2 Å². The average molecular weight is 410 g/mol. The van der Waals surface area contributed by atoms with E-state index in [0.29, 0.717) is 12.0 Å². The van der Waals surface area contributed by atoms with Gasteiger partial charge in [0.1, 0.15) is 5.76 Å². The Balaban J connectivity index is 1.43. The molecule has 0 spiro atoms. The maximum atomic E-state index is 12.6. The Hall–Kier alpha value is -1.71. The molecule has 1 saturated heterocycles. The van der Waals surface area contributed by atoms with Crippen molar-refractivity contribution >= 4 is 27.1 Å². The molecule has 0 saturated carbocycles. The van der Waals surface area contributed by atoms with Crippen LogP contribution in [-0.4, -0.2) is 48.5 Å². The summed E-state index contributed by atoms with van der Waals surface area (Å²) in [5.41, 5.74) is 3.87. The smallest absolute Gasteiger partial charge is 0.252 e. The second-order valence-corrected chi connectivity index (χ2v) is 10.6. The number of sulfone groups is 1. The van der Waals surface area contributed by atoms with Crippen LogP contribution in [0.25, 0.3) is 0 Å². The van der Waals surface area contributed by atoms with Gasteiger partial charge in [0.2, 0.25) is 0 Å². The number of carbonyl (C=O) groups is 1. The molecule has 1 fully saturated rings. The second-order valence-electron chi connectivity index (χ2n) is 7.39. The van der Waals surface area contributed by atoms with Crippen molar-refractivity contribution in [2.45, 2.75) is 45.8 Å². The van der Waals surface area contributed by atoms with E-state index in [0.717, 1.165) is 48.6 Å². The van der Waals surface area contributed by atoms with Crippen LogP contribution in [0.5, 0.6) is 0 Å². The summed E-state index contributed by atoms with van der Waals surface area (Å²) in [5, 5.41) is 8.83. The molecule has 1 atom stereocenters. The molecule has 0 radical (unpaired) electrons. The zero-order valence-electron chi connectivity index (χ0n) is 15.4. The minimum Gasteiger partial charge on any atom is -0.361 e. The third kappa shape index (κ3) is 3.81.